The van der Waals surface area contributed by atoms with E-state index in [1.807, 2.05) is 27.2 Å². The third-order valence-electron chi connectivity index (χ3n) is 3.13. The molecule has 0 saturated heterocycles. The van der Waals surface area contributed by atoms with Crippen LogP contribution in [0.3, 0.4) is 0 Å². The molecule has 0 amide bonds. The van der Waals surface area contributed by atoms with E-state index in [4.69, 9.17) is 4.74 Å². The molecule has 0 atom stereocenters. The molecule has 0 aliphatic heterocycles. The molecular formula is C15H26FN3O. The van der Waals surface area contributed by atoms with E-state index in [-0.39, 0.29) is 5.82 Å². The Morgan fingerprint density at radius 2 is 1.95 bits per heavy atom. The van der Waals surface area contributed by atoms with E-state index in [1.54, 1.807) is 13.2 Å². The molecule has 20 heavy (non-hydrogen) atoms. The van der Waals surface area contributed by atoms with Gasteiger partial charge in [-0.3, -0.25) is 0 Å². The fraction of sp³-hybridized carbons (Fsp3) is 0.600. The molecule has 0 aliphatic rings. The minimum absolute atomic E-state index is 0.196. The van der Waals surface area contributed by atoms with Gasteiger partial charge in [0.1, 0.15) is 5.82 Å². The maximum absolute atomic E-state index is 13.4. The summed E-state index contributed by atoms with van der Waals surface area (Å²) in [6.07, 6.45) is 0. The van der Waals surface area contributed by atoms with Crippen LogP contribution in [0, 0.1) is 5.82 Å². The van der Waals surface area contributed by atoms with Gasteiger partial charge in [-0.05, 0) is 37.9 Å². The summed E-state index contributed by atoms with van der Waals surface area (Å²) >= 11 is 0. The van der Waals surface area contributed by atoms with Crippen LogP contribution in [0.2, 0.25) is 0 Å². The van der Waals surface area contributed by atoms with Crippen molar-refractivity contribution in [3.8, 4) is 0 Å². The molecule has 0 aliphatic carbocycles. The summed E-state index contributed by atoms with van der Waals surface area (Å²) in [6, 6.07) is 4.96. The summed E-state index contributed by atoms with van der Waals surface area (Å²) in [5.41, 5.74) is 2.04. The molecule has 0 saturated carbocycles. The number of ether oxygens (including phenoxy) is 1. The number of benzene rings is 1. The van der Waals surface area contributed by atoms with Crippen LogP contribution in [0.1, 0.15) is 5.56 Å². The van der Waals surface area contributed by atoms with E-state index in [1.165, 1.54) is 6.07 Å². The lowest BCUT2D eigenvalue weighted by Gasteiger charge is -2.24. The van der Waals surface area contributed by atoms with Gasteiger partial charge in [0.05, 0.1) is 6.61 Å². The lowest BCUT2D eigenvalue weighted by atomic mass is 10.1. The topological polar surface area (TPSA) is 27.7 Å². The van der Waals surface area contributed by atoms with Gasteiger partial charge >= 0.3 is 0 Å². The van der Waals surface area contributed by atoms with E-state index >= 15 is 0 Å². The Bertz CT molecular complexity index is 399. The molecule has 0 spiro atoms. The van der Waals surface area contributed by atoms with Crippen LogP contribution >= 0.6 is 0 Å². The van der Waals surface area contributed by atoms with Crippen LogP contribution in [-0.4, -0.2) is 59.4 Å². The molecule has 0 aromatic heterocycles. The van der Waals surface area contributed by atoms with Crippen LogP contribution in [-0.2, 0) is 11.3 Å². The number of methoxy groups -OCH3 is 1. The average molecular weight is 283 g/mol. The summed E-state index contributed by atoms with van der Waals surface area (Å²) in [5, 5.41) is 3.26. The Morgan fingerprint density at radius 3 is 2.60 bits per heavy atom. The molecule has 1 rings (SSSR count). The monoisotopic (exact) mass is 283 g/mol. The predicted molar refractivity (Wildman–Crippen MR) is 81.8 cm³/mol. The molecule has 0 radical (unpaired) electrons. The highest BCUT2D eigenvalue weighted by Gasteiger charge is 2.09. The zero-order valence-electron chi connectivity index (χ0n) is 12.9. The third-order valence-corrected chi connectivity index (χ3v) is 3.13. The standard InChI is InChI=1S/C15H26FN3O/c1-18(2)8-9-19(3)15-6-5-14(16)11-13(15)12-17-7-10-20-4/h5-6,11,17H,7-10,12H2,1-4H3. The summed E-state index contributed by atoms with van der Waals surface area (Å²) in [7, 11) is 7.80. The molecule has 0 heterocycles. The molecule has 0 bridgehead atoms. The molecule has 5 heteroatoms. The predicted octanol–water partition coefficient (Wildman–Crippen LogP) is 1.56. The van der Waals surface area contributed by atoms with Crippen LogP contribution < -0.4 is 10.2 Å². The van der Waals surface area contributed by atoms with Gasteiger partial charge in [-0.1, -0.05) is 0 Å². The van der Waals surface area contributed by atoms with Crippen molar-refractivity contribution in [1.29, 1.82) is 0 Å². The summed E-state index contributed by atoms with van der Waals surface area (Å²) in [5.74, 6) is -0.196. The minimum atomic E-state index is -0.196. The molecular weight excluding hydrogens is 257 g/mol. The lowest BCUT2D eigenvalue weighted by molar-refractivity contribution is 0.199. The molecule has 0 fully saturated rings. The molecule has 4 nitrogen and oxygen atoms in total. The first-order valence-corrected chi connectivity index (χ1v) is 6.88. The van der Waals surface area contributed by atoms with Crippen molar-refractivity contribution in [3.63, 3.8) is 0 Å². The van der Waals surface area contributed by atoms with E-state index in [0.29, 0.717) is 13.2 Å². The van der Waals surface area contributed by atoms with Crippen molar-refractivity contribution in [2.75, 3.05) is 59.4 Å². The Kier molecular flexibility index (Phi) is 7.51. The maximum Gasteiger partial charge on any atom is 0.123 e. The quantitative estimate of drug-likeness (QED) is 0.696. The van der Waals surface area contributed by atoms with Gasteiger partial charge < -0.3 is 19.9 Å². The van der Waals surface area contributed by atoms with E-state index in [0.717, 1.165) is 30.9 Å². The number of anilines is 1. The van der Waals surface area contributed by atoms with Gasteiger partial charge in [-0.15, -0.1) is 0 Å². The number of nitrogens with zero attached hydrogens (tertiary/aromatic N) is 2. The zero-order chi connectivity index (χ0) is 15.0. The second kappa shape index (κ2) is 8.89. The van der Waals surface area contributed by atoms with Gasteiger partial charge in [0.25, 0.3) is 0 Å². The summed E-state index contributed by atoms with van der Waals surface area (Å²) < 4.78 is 18.4. The van der Waals surface area contributed by atoms with Crippen LogP contribution in [0.25, 0.3) is 0 Å². The smallest absolute Gasteiger partial charge is 0.123 e. The van der Waals surface area contributed by atoms with E-state index in [9.17, 15) is 4.39 Å². The van der Waals surface area contributed by atoms with Crippen molar-refractivity contribution in [1.82, 2.24) is 10.2 Å². The summed E-state index contributed by atoms with van der Waals surface area (Å²) in [6.45, 7) is 3.92. The first-order chi connectivity index (χ1) is 9.54. The van der Waals surface area contributed by atoms with Crippen molar-refractivity contribution in [3.05, 3.63) is 29.6 Å². The number of nitrogens with one attached hydrogen (secondary N) is 1. The minimum Gasteiger partial charge on any atom is -0.383 e. The highest BCUT2D eigenvalue weighted by molar-refractivity contribution is 5.53. The molecule has 0 unspecified atom stereocenters. The normalized spacial score (nSPS) is 11.1. The SMILES string of the molecule is COCCNCc1cc(F)ccc1N(C)CCN(C)C. The van der Waals surface area contributed by atoms with Crippen molar-refractivity contribution in [2.24, 2.45) is 0 Å². The second-order valence-corrected chi connectivity index (χ2v) is 5.17. The fourth-order valence-corrected chi connectivity index (χ4v) is 1.94. The largest absolute Gasteiger partial charge is 0.383 e. The van der Waals surface area contributed by atoms with Crippen LogP contribution in [0.4, 0.5) is 10.1 Å². The summed E-state index contributed by atoms with van der Waals surface area (Å²) in [4.78, 5) is 4.29. The van der Waals surface area contributed by atoms with Crippen LogP contribution in [0.5, 0.6) is 0 Å². The highest BCUT2D eigenvalue weighted by atomic mass is 19.1. The number of likely N-dealkylation sites (N-methyl/N-ethyl adjacent to an activating group) is 2. The number of hydrogen-bond acceptors (Lipinski definition) is 4. The average Bonchev–Trinajstić information content (AvgIpc) is 2.41. The molecule has 1 N–H and O–H groups in total. The Balaban J connectivity index is 2.68. The second-order valence-electron chi connectivity index (χ2n) is 5.17. The Morgan fingerprint density at radius 1 is 1.20 bits per heavy atom. The first-order valence-electron chi connectivity index (χ1n) is 6.88. The van der Waals surface area contributed by atoms with Gasteiger partial charge in [0.2, 0.25) is 0 Å². The Hall–Kier alpha value is -1.17. The Labute approximate surface area is 121 Å². The van der Waals surface area contributed by atoms with E-state index in [2.05, 4.69) is 15.1 Å². The van der Waals surface area contributed by atoms with Crippen molar-refractivity contribution >= 4 is 5.69 Å². The number of halogens is 1. The van der Waals surface area contributed by atoms with Gasteiger partial charge in [0, 0.05) is 46.0 Å². The number of hydrogen-bond donors (Lipinski definition) is 1. The van der Waals surface area contributed by atoms with Gasteiger partial charge in [0.15, 0.2) is 0 Å². The van der Waals surface area contributed by atoms with Crippen molar-refractivity contribution in [2.45, 2.75) is 6.54 Å². The first kappa shape index (κ1) is 16.9. The maximum atomic E-state index is 13.4. The molecule has 1 aromatic carbocycles. The zero-order valence-corrected chi connectivity index (χ0v) is 12.9. The fourth-order valence-electron chi connectivity index (χ4n) is 1.94. The van der Waals surface area contributed by atoms with Gasteiger partial charge in [-0.25, -0.2) is 4.39 Å². The van der Waals surface area contributed by atoms with Gasteiger partial charge in [-0.2, -0.15) is 0 Å². The molecule has 114 valence electrons. The number of rotatable bonds is 9. The lowest BCUT2D eigenvalue weighted by Crippen LogP contribution is -2.29. The third kappa shape index (κ3) is 5.86. The highest BCUT2D eigenvalue weighted by Crippen LogP contribution is 2.20. The molecule has 1 aromatic rings. The van der Waals surface area contributed by atoms with E-state index < -0.39 is 0 Å². The van der Waals surface area contributed by atoms with Crippen LogP contribution in [0.15, 0.2) is 18.2 Å². The van der Waals surface area contributed by atoms with Crippen molar-refractivity contribution < 1.29 is 9.13 Å².